The van der Waals surface area contributed by atoms with Crippen LogP contribution in [0.3, 0.4) is 0 Å². The Labute approximate surface area is 154 Å². The molecule has 0 amide bonds. The molecule has 3 heterocycles. The van der Waals surface area contributed by atoms with Crippen molar-refractivity contribution in [1.82, 2.24) is 15.0 Å². The fourth-order valence-electron chi connectivity index (χ4n) is 3.45. The first-order valence-electron chi connectivity index (χ1n) is 8.96. The zero-order valence-corrected chi connectivity index (χ0v) is 14.6. The van der Waals surface area contributed by atoms with E-state index in [4.69, 9.17) is 9.15 Å². The number of aromatic amines is 1. The largest absolute Gasteiger partial charge is 0.440 e. The Balaban J connectivity index is 1.50. The number of anilines is 1. The molecule has 4 aromatic rings. The third-order valence-corrected chi connectivity index (χ3v) is 4.75. The van der Waals surface area contributed by atoms with Crippen molar-refractivity contribution in [2.75, 3.05) is 31.2 Å². The van der Waals surface area contributed by atoms with Crippen molar-refractivity contribution in [2.24, 2.45) is 0 Å². The van der Waals surface area contributed by atoms with Crippen molar-refractivity contribution in [3.63, 3.8) is 0 Å². The van der Waals surface area contributed by atoms with Gasteiger partial charge in [-0.2, -0.15) is 0 Å². The average Bonchev–Trinajstić information content (AvgIpc) is 3.11. The van der Waals surface area contributed by atoms with E-state index in [1.807, 2.05) is 36.4 Å². The Hall–Kier alpha value is -3.19. The molecule has 1 aliphatic heterocycles. The first kappa shape index (κ1) is 16.0. The van der Waals surface area contributed by atoms with E-state index < -0.39 is 0 Å². The van der Waals surface area contributed by atoms with Gasteiger partial charge in [0.05, 0.1) is 19.6 Å². The molecule has 2 aromatic heterocycles. The molecule has 0 bridgehead atoms. The van der Waals surface area contributed by atoms with E-state index in [1.54, 1.807) is 0 Å². The lowest BCUT2D eigenvalue weighted by Crippen LogP contribution is -2.37. The van der Waals surface area contributed by atoms with Crippen LogP contribution in [0.15, 0.2) is 51.7 Å². The van der Waals surface area contributed by atoms with Crippen LogP contribution in [-0.4, -0.2) is 41.3 Å². The van der Waals surface area contributed by atoms with Gasteiger partial charge in [0, 0.05) is 24.5 Å². The van der Waals surface area contributed by atoms with Crippen LogP contribution in [0.5, 0.6) is 0 Å². The number of H-pyrrole nitrogens is 1. The second kappa shape index (κ2) is 6.51. The summed E-state index contributed by atoms with van der Waals surface area (Å²) in [4.78, 5) is 26.1. The van der Waals surface area contributed by atoms with E-state index in [-0.39, 0.29) is 5.56 Å². The summed E-state index contributed by atoms with van der Waals surface area (Å²) in [7, 11) is 0. The Morgan fingerprint density at radius 3 is 2.81 bits per heavy atom. The first-order chi connectivity index (χ1) is 13.3. The third kappa shape index (κ3) is 3.06. The number of benzene rings is 2. The Bertz CT molecular complexity index is 1170. The number of aromatic nitrogens is 3. The number of oxazole rings is 1. The first-order valence-corrected chi connectivity index (χ1v) is 8.96. The average molecular weight is 362 g/mol. The summed E-state index contributed by atoms with van der Waals surface area (Å²) in [5.74, 6) is 1.74. The number of hydrogen-bond acceptors (Lipinski definition) is 6. The van der Waals surface area contributed by atoms with Crippen LogP contribution in [-0.2, 0) is 11.2 Å². The smallest absolute Gasteiger partial charge is 0.252 e. The van der Waals surface area contributed by atoms with Crippen molar-refractivity contribution in [2.45, 2.75) is 6.42 Å². The molecule has 0 atom stereocenters. The molecule has 5 rings (SSSR count). The van der Waals surface area contributed by atoms with Gasteiger partial charge < -0.3 is 19.0 Å². The number of rotatable bonds is 3. The lowest BCUT2D eigenvalue weighted by atomic mass is 10.1. The van der Waals surface area contributed by atoms with Crippen molar-refractivity contribution in [3.05, 3.63) is 64.5 Å². The molecule has 0 unspecified atom stereocenters. The van der Waals surface area contributed by atoms with Crippen molar-refractivity contribution < 1.29 is 9.15 Å². The molecule has 136 valence electrons. The van der Waals surface area contributed by atoms with Gasteiger partial charge in [0.2, 0.25) is 5.89 Å². The van der Waals surface area contributed by atoms with Gasteiger partial charge in [-0.25, -0.2) is 9.97 Å². The van der Waals surface area contributed by atoms with Crippen molar-refractivity contribution in [1.29, 1.82) is 0 Å². The summed E-state index contributed by atoms with van der Waals surface area (Å²) >= 11 is 0. The SMILES string of the molecule is O=c1cc(N2CCOCC2)nc(Cc2nc3ccc4ccccc4c3o2)[nH]1. The molecule has 1 N–H and O–H groups in total. The molecule has 1 aliphatic rings. The second-order valence-corrected chi connectivity index (χ2v) is 6.57. The van der Waals surface area contributed by atoms with Crippen LogP contribution >= 0.6 is 0 Å². The topological polar surface area (TPSA) is 84.2 Å². The van der Waals surface area contributed by atoms with Crippen LogP contribution in [0.4, 0.5) is 5.82 Å². The molecule has 1 fully saturated rings. The third-order valence-electron chi connectivity index (χ3n) is 4.75. The lowest BCUT2D eigenvalue weighted by Gasteiger charge is -2.27. The summed E-state index contributed by atoms with van der Waals surface area (Å²) in [6, 6.07) is 13.5. The molecule has 7 heteroatoms. The molecule has 0 spiro atoms. The molecular weight excluding hydrogens is 344 g/mol. The normalized spacial score (nSPS) is 14.9. The van der Waals surface area contributed by atoms with E-state index in [9.17, 15) is 4.79 Å². The summed E-state index contributed by atoms with van der Waals surface area (Å²) in [6.07, 6.45) is 0.330. The minimum absolute atomic E-state index is 0.178. The molecule has 7 nitrogen and oxygen atoms in total. The van der Waals surface area contributed by atoms with E-state index >= 15 is 0 Å². The predicted octanol–water partition coefficient (Wildman–Crippen LogP) is 2.49. The highest BCUT2D eigenvalue weighted by atomic mass is 16.5. The molecule has 0 aliphatic carbocycles. The van der Waals surface area contributed by atoms with E-state index in [0.717, 1.165) is 35.0 Å². The fraction of sp³-hybridized carbons (Fsp3) is 0.250. The minimum Gasteiger partial charge on any atom is -0.440 e. The summed E-state index contributed by atoms with van der Waals surface area (Å²) < 4.78 is 11.4. The fourth-order valence-corrected chi connectivity index (χ4v) is 3.45. The highest BCUT2D eigenvalue weighted by Gasteiger charge is 2.16. The number of fused-ring (bicyclic) bond motifs is 3. The Morgan fingerprint density at radius 1 is 1.07 bits per heavy atom. The van der Waals surface area contributed by atoms with E-state index in [0.29, 0.717) is 37.2 Å². The molecule has 2 aromatic carbocycles. The summed E-state index contributed by atoms with van der Waals surface area (Å²) in [6.45, 7) is 2.74. The highest BCUT2D eigenvalue weighted by Crippen LogP contribution is 2.26. The predicted molar refractivity (Wildman–Crippen MR) is 102 cm³/mol. The molecule has 27 heavy (non-hydrogen) atoms. The minimum atomic E-state index is -0.178. The standard InChI is InChI=1S/C20H18N4O3/c25-18-12-17(24-7-9-26-10-8-24)22-16(23-18)11-19-21-15-6-5-13-3-1-2-4-14(13)20(15)27-19/h1-6,12H,7-11H2,(H,22,23,25). The number of nitrogens with zero attached hydrogens (tertiary/aromatic N) is 3. The van der Waals surface area contributed by atoms with Crippen molar-refractivity contribution >= 4 is 27.7 Å². The number of ether oxygens (including phenoxy) is 1. The molecule has 0 saturated carbocycles. The highest BCUT2D eigenvalue weighted by molar-refractivity contribution is 6.02. The van der Waals surface area contributed by atoms with Crippen LogP contribution in [0, 0.1) is 0 Å². The van der Waals surface area contributed by atoms with E-state index in [2.05, 4.69) is 19.9 Å². The van der Waals surface area contributed by atoms with Gasteiger partial charge in [0.25, 0.3) is 5.56 Å². The summed E-state index contributed by atoms with van der Waals surface area (Å²) in [5.41, 5.74) is 1.38. The van der Waals surface area contributed by atoms with Gasteiger partial charge in [-0.15, -0.1) is 0 Å². The van der Waals surface area contributed by atoms with Gasteiger partial charge in [-0.05, 0) is 11.5 Å². The lowest BCUT2D eigenvalue weighted by molar-refractivity contribution is 0.122. The van der Waals surface area contributed by atoms with Gasteiger partial charge in [-0.1, -0.05) is 30.3 Å². The zero-order valence-electron chi connectivity index (χ0n) is 14.6. The maximum Gasteiger partial charge on any atom is 0.252 e. The maximum absolute atomic E-state index is 12.1. The van der Waals surface area contributed by atoms with Gasteiger partial charge >= 0.3 is 0 Å². The Morgan fingerprint density at radius 2 is 1.93 bits per heavy atom. The van der Waals surface area contributed by atoms with Crippen molar-refractivity contribution in [3.8, 4) is 0 Å². The van der Waals surface area contributed by atoms with Crippen LogP contribution < -0.4 is 10.5 Å². The maximum atomic E-state index is 12.1. The van der Waals surface area contributed by atoms with Gasteiger partial charge in [-0.3, -0.25) is 4.79 Å². The van der Waals surface area contributed by atoms with E-state index in [1.165, 1.54) is 6.07 Å². The van der Waals surface area contributed by atoms with Crippen LogP contribution in [0.2, 0.25) is 0 Å². The number of hydrogen-bond donors (Lipinski definition) is 1. The Kier molecular flexibility index (Phi) is 3.86. The van der Waals surface area contributed by atoms with Crippen LogP contribution in [0.1, 0.15) is 11.7 Å². The second-order valence-electron chi connectivity index (χ2n) is 6.57. The molecular formula is C20H18N4O3. The summed E-state index contributed by atoms with van der Waals surface area (Å²) in [5, 5.41) is 2.13. The molecule has 1 saturated heterocycles. The number of morpholine rings is 1. The van der Waals surface area contributed by atoms with Gasteiger partial charge in [0.1, 0.15) is 17.2 Å². The monoisotopic (exact) mass is 362 g/mol. The van der Waals surface area contributed by atoms with Gasteiger partial charge in [0.15, 0.2) is 5.58 Å². The quantitative estimate of drug-likeness (QED) is 0.603. The molecule has 0 radical (unpaired) electrons. The number of nitrogens with one attached hydrogen (secondary N) is 1. The van der Waals surface area contributed by atoms with Crippen LogP contribution in [0.25, 0.3) is 21.9 Å². The zero-order chi connectivity index (χ0) is 18.2.